The average molecular weight is 219 g/mol. The van der Waals surface area contributed by atoms with E-state index in [2.05, 4.69) is 12.2 Å². The van der Waals surface area contributed by atoms with Crippen LogP contribution in [-0.4, -0.2) is 57.4 Å². The molecule has 0 heterocycles. The van der Waals surface area contributed by atoms with E-state index in [4.69, 9.17) is 0 Å². The highest BCUT2D eigenvalue weighted by atomic mass is 16.4. The smallest absolute Gasteiger partial charge is 0.110 e. The quantitative estimate of drug-likeness (QED) is 0.375. The second-order valence-electron chi connectivity index (χ2n) is 4.19. The first-order valence-electron chi connectivity index (χ1n) is 5.53. The van der Waals surface area contributed by atoms with Crippen molar-refractivity contribution in [2.24, 2.45) is 0 Å². The Hall–Kier alpha value is -0.200. The standard InChI is InChI=1S/C10H21NO4/c1-2-3-4-11-6-5-7(12)9(14)10(15)8(6)13/h6-15H,2-5H2,1H3/t6-,7-,8+,9+,10+/m1/s1. The number of rotatable bonds is 4. The fourth-order valence-corrected chi connectivity index (χ4v) is 1.87. The molecule has 5 nitrogen and oxygen atoms in total. The Kier molecular flexibility index (Phi) is 4.95. The van der Waals surface area contributed by atoms with Gasteiger partial charge >= 0.3 is 0 Å². The lowest BCUT2D eigenvalue weighted by Crippen LogP contribution is -2.60. The fraction of sp³-hybridized carbons (Fsp3) is 1.00. The van der Waals surface area contributed by atoms with Crippen molar-refractivity contribution in [1.29, 1.82) is 0 Å². The summed E-state index contributed by atoms with van der Waals surface area (Å²) in [5.74, 6) is 0. The molecule has 0 spiro atoms. The summed E-state index contributed by atoms with van der Waals surface area (Å²) >= 11 is 0. The van der Waals surface area contributed by atoms with E-state index in [9.17, 15) is 20.4 Å². The molecule has 90 valence electrons. The highest BCUT2D eigenvalue weighted by Crippen LogP contribution is 2.20. The molecule has 0 radical (unpaired) electrons. The maximum absolute atomic E-state index is 9.64. The van der Waals surface area contributed by atoms with Crippen LogP contribution in [0.1, 0.15) is 26.2 Å². The van der Waals surface area contributed by atoms with Crippen molar-refractivity contribution in [3.63, 3.8) is 0 Å². The second-order valence-corrected chi connectivity index (χ2v) is 4.19. The van der Waals surface area contributed by atoms with E-state index in [1.165, 1.54) is 0 Å². The molecule has 1 aliphatic carbocycles. The number of nitrogens with one attached hydrogen (secondary N) is 1. The summed E-state index contributed by atoms with van der Waals surface area (Å²) in [4.78, 5) is 0. The van der Waals surface area contributed by atoms with Gasteiger partial charge in [-0.3, -0.25) is 0 Å². The Morgan fingerprint density at radius 3 is 2.33 bits per heavy atom. The Morgan fingerprint density at radius 2 is 1.73 bits per heavy atom. The Balaban J connectivity index is 2.43. The summed E-state index contributed by atoms with van der Waals surface area (Å²) in [6, 6.07) is -0.343. The SMILES string of the molecule is CCCCN[C@@H]1C[C@@H](O)[C@H](O)[C@@H](O)[C@H]1O. The fourth-order valence-electron chi connectivity index (χ4n) is 1.87. The van der Waals surface area contributed by atoms with Crippen molar-refractivity contribution in [2.75, 3.05) is 6.54 Å². The van der Waals surface area contributed by atoms with Gasteiger partial charge in [-0.25, -0.2) is 0 Å². The van der Waals surface area contributed by atoms with E-state index in [1.54, 1.807) is 0 Å². The lowest BCUT2D eigenvalue weighted by Gasteiger charge is -2.38. The minimum atomic E-state index is -1.27. The largest absolute Gasteiger partial charge is 0.390 e. The summed E-state index contributed by atoms with van der Waals surface area (Å²) in [6.07, 6.45) is -2.20. The molecular weight excluding hydrogens is 198 g/mol. The van der Waals surface area contributed by atoms with Crippen molar-refractivity contribution < 1.29 is 20.4 Å². The lowest BCUT2D eigenvalue weighted by molar-refractivity contribution is -0.146. The maximum Gasteiger partial charge on any atom is 0.110 e. The second kappa shape index (κ2) is 5.77. The molecule has 1 saturated carbocycles. The number of unbranched alkanes of at least 4 members (excludes halogenated alkanes) is 1. The van der Waals surface area contributed by atoms with Crippen LogP contribution in [0.2, 0.25) is 0 Å². The van der Waals surface area contributed by atoms with Crippen LogP contribution in [0, 0.1) is 0 Å². The minimum absolute atomic E-state index is 0.267. The van der Waals surface area contributed by atoms with Crippen LogP contribution in [-0.2, 0) is 0 Å². The molecule has 0 aromatic rings. The predicted molar refractivity (Wildman–Crippen MR) is 55.3 cm³/mol. The number of hydrogen-bond donors (Lipinski definition) is 5. The third-order valence-corrected chi connectivity index (χ3v) is 2.94. The third kappa shape index (κ3) is 3.12. The average Bonchev–Trinajstić information content (AvgIpc) is 2.23. The molecule has 0 aromatic carbocycles. The van der Waals surface area contributed by atoms with Crippen LogP contribution in [0.5, 0.6) is 0 Å². The molecule has 5 heteroatoms. The zero-order valence-corrected chi connectivity index (χ0v) is 9.00. The van der Waals surface area contributed by atoms with E-state index in [-0.39, 0.29) is 12.5 Å². The molecular formula is C10H21NO4. The highest BCUT2D eigenvalue weighted by molar-refractivity contribution is 4.95. The first-order chi connectivity index (χ1) is 7.07. The predicted octanol–water partition coefficient (Wildman–Crippen LogP) is -1.41. The minimum Gasteiger partial charge on any atom is -0.390 e. The zero-order chi connectivity index (χ0) is 11.4. The van der Waals surface area contributed by atoms with Gasteiger partial charge in [0, 0.05) is 6.04 Å². The van der Waals surface area contributed by atoms with E-state index >= 15 is 0 Å². The van der Waals surface area contributed by atoms with Gasteiger partial charge in [0.2, 0.25) is 0 Å². The molecule has 15 heavy (non-hydrogen) atoms. The highest BCUT2D eigenvalue weighted by Gasteiger charge is 2.41. The van der Waals surface area contributed by atoms with E-state index < -0.39 is 24.4 Å². The van der Waals surface area contributed by atoms with E-state index in [1.807, 2.05) is 0 Å². The Labute approximate surface area is 89.7 Å². The molecule has 1 aliphatic rings. The van der Waals surface area contributed by atoms with Crippen molar-refractivity contribution >= 4 is 0 Å². The number of hydrogen-bond acceptors (Lipinski definition) is 5. The van der Waals surface area contributed by atoms with Gasteiger partial charge in [-0.15, -0.1) is 0 Å². The van der Waals surface area contributed by atoms with Gasteiger partial charge in [-0.2, -0.15) is 0 Å². The third-order valence-electron chi connectivity index (χ3n) is 2.94. The van der Waals surface area contributed by atoms with Crippen molar-refractivity contribution in [2.45, 2.75) is 56.6 Å². The normalized spacial score (nSPS) is 41.8. The molecule has 0 saturated heterocycles. The van der Waals surface area contributed by atoms with Crippen LogP contribution in [0.15, 0.2) is 0 Å². The van der Waals surface area contributed by atoms with Gasteiger partial charge in [0.1, 0.15) is 12.2 Å². The molecule has 0 unspecified atom stereocenters. The molecule has 5 atom stereocenters. The van der Waals surface area contributed by atoms with Crippen LogP contribution in [0.25, 0.3) is 0 Å². The van der Waals surface area contributed by atoms with Gasteiger partial charge in [0.25, 0.3) is 0 Å². The van der Waals surface area contributed by atoms with E-state index in [0.717, 1.165) is 19.4 Å². The molecule has 0 amide bonds. The summed E-state index contributed by atoms with van der Waals surface area (Å²) in [5.41, 5.74) is 0. The zero-order valence-electron chi connectivity index (χ0n) is 9.00. The van der Waals surface area contributed by atoms with Gasteiger partial charge in [-0.05, 0) is 19.4 Å². The first kappa shape index (κ1) is 12.9. The Bertz CT molecular complexity index is 190. The van der Waals surface area contributed by atoms with Crippen molar-refractivity contribution in [3.8, 4) is 0 Å². The van der Waals surface area contributed by atoms with Crippen LogP contribution < -0.4 is 5.32 Å². The van der Waals surface area contributed by atoms with E-state index in [0.29, 0.717) is 0 Å². The molecule has 1 fully saturated rings. The summed E-state index contributed by atoms with van der Waals surface area (Å²) in [5, 5.41) is 40.9. The lowest BCUT2D eigenvalue weighted by atomic mass is 9.85. The van der Waals surface area contributed by atoms with Gasteiger partial charge in [0.05, 0.1) is 12.2 Å². The van der Waals surface area contributed by atoms with Crippen molar-refractivity contribution in [3.05, 3.63) is 0 Å². The summed E-state index contributed by atoms with van der Waals surface area (Å²) in [7, 11) is 0. The summed E-state index contributed by atoms with van der Waals surface area (Å²) in [6.45, 7) is 2.81. The van der Waals surface area contributed by atoms with Crippen LogP contribution in [0.3, 0.4) is 0 Å². The molecule has 1 rings (SSSR count). The first-order valence-corrected chi connectivity index (χ1v) is 5.53. The van der Waals surface area contributed by atoms with Crippen LogP contribution in [0.4, 0.5) is 0 Å². The number of aliphatic hydroxyl groups is 4. The molecule has 0 bridgehead atoms. The maximum atomic E-state index is 9.64. The Morgan fingerprint density at radius 1 is 1.07 bits per heavy atom. The van der Waals surface area contributed by atoms with Crippen LogP contribution >= 0.6 is 0 Å². The van der Waals surface area contributed by atoms with Gasteiger partial charge in [0.15, 0.2) is 0 Å². The number of aliphatic hydroxyl groups excluding tert-OH is 4. The topological polar surface area (TPSA) is 93.0 Å². The summed E-state index contributed by atoms with van der Waals surface area (Å²) < 4.78 is 0. The van der Waals surface area contributed by atoms with Crippen molar-refractivity contribution in [1.82, 2.24) is 5.32 Å². The molecule has 0 aliphatic heterocycles. The van der Waals surface area contributed by atoms with Gasteiger partial charge < -0.3 is 25.7 Å². The molecule has 0 aromatic heterocycles. The van der Waals surface area contributed by atoms with Gasteiger partial charge in [-0.1, -0.05) is 13.3 Å². The molecule has 5 N–H and O–H groups in total. The monoisotopic (exact) mass is 219 g/mol.